The molecule has 0 atom stereocenters. The molecule has 0 aliphatic carbocycles. The van der Waals surface area contributed by atoms with Gasteiger partial charge in [0.05, 0.1) is 13.5 Å². The summed E-state index contributed by atoms with van der Waals surface area (Å²) in [5, 5.41) is 0.0814. The van der Waals surface area contributed by atoms with Gasteiger partial charge in [-0.15, -0.1) is 13.2 Å². The summed E-state index contributed by atoms with van der Waals surface area (Å²) in [6, 6.07) is 3.64. The molecule has 0 N–H and O–H groups in total. The molecule has 0 spiro atoms. The third-order valence-corrected chi connectivity index (χ3v) is 2.05. The van der Waals surface area contributed by atoms with E-state index in [-0.39, 0.29) is 17.0 Å². The van der Waals surface area contributed by atoms with E-state index in [9.17, 15) is 18.0 Å². The van der Waals surface area contributed by atoms with E-state index in [1.165, 1.54) is 12.1 Å². The van der Waals surface area contributed by atoms with E-state index < -0.39 is 18.1 Å². The second-order valence-electron chi connectivity index (χ2n) is 3.05. The third-order valence-electron chi connectivity index (χ3n) is 1.82. The zero-order chi connectivity index (χ0) is 13.1. The largest absolute Gasteiger partial charge is 0.573 e. The fraction of sp³-hybridized carbons (Fsp3) is 0.300. The van der Waals surface area contributed by atoms with E-state index in [4.69, 9.17) is 11.6 Å². The van der Waals surface area contributed by atoms with Gasteiger partial charge in [0.25, 0.3) is 0 Å². The van der Waals surface area contributed by atoms with Crippen molar-refractivity contribution >= 4 is 17.6 Å². The molecular formula is C10H8ClF3O3. The van der Waals surface area contributed by atoms with Gasteiger partial charge in [0, 0.05) is 10.6 Å². The van der Waals surface area contributed by atoms with Crippen LogP contribution in [0.4, 0.5) is 13.2 Å². The first-order chi connectivity index (χ1) is 7.81. The van der Waals surface area contributed by atoms with Crippen LogP contribution in [0.25, 0.3) is 0 Å². The number of hydrogen-bond acceptors (Lipinski definition) is 3. The number of hydrogen-bond donors (Lipinski definition) is 0. The zero-order valence-corrected chi connectivity index (χ0v) is 9.43. The van der Waals surface area contributed by atoms with E-state index in [0.717, 1.165) is 13.2 Å². The molecule has 1 aromatic rings. The molecule has 3 nitrogen and oxygen atoms in total. The Hall–Kier alpha value is -1.43. The Morgan fingerprint density at radius 1 is 1.41 bits per heavy atom. The van der Waals surface area contributed by atoms with Gasteiger partial charge in [0.1, 0.15) is 5.75 Å². The van der Waals surface area contributed by atoms with E-state index in [2.05, 4.69) is 9.47 Å². The van der Waals surface area contributed by atoms with Crippen LogP contribution in [0.15, 0.2) is 18.2 Å². The Kier molecular flexibility index (Phi) is 4.22. The first-order valence-corrected chi connectivity index (χ1v) is 4.80. The molecule has 0 saturated heterocycles. The van der Waals surface area contributed by atoms with E-state index >= 15 is 0 Å². The summed E-state index contributed by atoms with van der Waals surface area (Å²) in [5.74, 6) is -1.17. The van der Waals surface area contributed by atoms with E-state index in [1.807, 2.05) is 0 Å². The van der Waals surface area contributed by atoms with Crippen molar-refractivity contribution in [2.75, 3.05) is 7.11 Å². The number of methoxy groups -OCH3 is 1. The van der Waals surface area contributed by atoms with Crippen LogP contribution in [0.2, 0.25) is 5.02 Å². The Morgan fingerprint density at radius 3 is 2.59 bits per heavy atom. The van der Waals surface area contributed by atoms with Crippen molar-refractivity contribution in [1.29, 1.82) is 0 Å². The molecule has 7 heteroatoms. The first kappa shape index (κ1) is 13.6. The van der Waals surface area contributed by atoms with Crippen molar-refractivity contribution in [3.63, 3.8) is 0 Å². The van der Waals surface area contributed by atoms with E-state index in [0.29, 0.717) is 0 Å². The molecule has 0 fully saturated rings. The highest BCUT2D eigenvalue weighted by Crippen LogP contribution is 2.29. The van der Waals surface area contributed by atoms with Crippen LogP contribution in [0, 0.1) is 0 Å². The van der Waals surface area contributed by atoms with Gasteiger partial charge < -0.3 is 9.47 Å². The number of benzene rings is 1. The summed E-state index contributed by atoms with van der Waals surface area (Å²) in [6.45, 7) is 0. The number of carbonyl (C=O) groups is 1. The predicted octanol–water partition coefficient (Wildman–Crippen LogP) is 2.95. The van der Waals surface area contributed by atoms with Crippen molar-refractivity contribution in [2.45, 2.75) is 12.8 Å². The van der Waals surface area contributed by atoms with Crippen LogP contribution in [-0.4, -0.2) is 19.4 Å². The van der Waals surface area contributed by atoms with Crippen molar-refractivity contribution in [2.24, 2.45) is 0 Å². The lowest BCUT2D eigenvalue weighted by Crippen LogP contribution is -2.19. The lowest BCUT2D eigenvalue weighted by molar-refractivity contribution is -0.274. The number of halogens is 4. The molecule has 0 bridgehead atoms. The SMILES string of the molecule is COC(=O)Cc1ccc(Cl)cc1OC(F)(F)F. The molecule has 17 heavy (non-hydrogen) atoms. The standard InChI is InChI=1S/C10H8ClF3O3/c1-16-9(15)4-6-2-3-7(11)5-8(6)17-10(12,13)14/h2-3,5H,4H2,1H3. The second-order valence-corrected chi connectivity index (χ2v) is 3.49. The molecule has 1 aromatic carbocycles. The molecule has 0 unspecified atom stereocenters. The minimum atomic E-state index is -4.84. The van der Waals surface area contributed by atoms with Crippen molar-refractivity contribution in [3.05, 3.63) is 28.8 Å². The Bertz CT molecular complexity index is 418. The molecule has 0 heterocycles. The predicted molar refractivity (Wildman–Crippen MR) is 53.9 cm³/mol. The molecule has 0 radical (unpaired) electrons. The highest BCUT2D eigenvalue weighted by atomic mass is 35.5. The summed E-state index contributed by atoms with van der Waals surface area (Å²) in [6.07, 6.45) is -5.16. The van der Waals surface area contributed by atoms with Crippen LogP contribution >= 0.6 is 11.6 Å². The molecule has 1 rings (SSSR count). The van der Waals surface area contributed by atoms with Gasteiger partial charge in [-0.1, -0.05) is 17.7 Å². The third kappa shape index (κ3) is 4.52. The summed E-state index contributed by atoms with van der Waals surface area (Å²) in [7, 11) is 1.14. The van der Waals surface area contributed by atoms with Gasteiger partial charge in [-0.05, 0) is 12.1 Å². The Balaban J connectivity index is 2.99. The highest BCUT2D eigenvalue weighted by Gasteiger charge is 2.32. The lowest BCUT2D eigenvalue weighted by Gasteiger charge is -2.12. The lowest BCUT2D eigenvalue weighted by atomic mass is 10.1. The van der Waals surface area contributed by atoms with Crippen LogP contribution in [0.5, 0.6) is 5.75 Å². The van der Waals surface area contributed by atoms with Crippen molar-refractivity contribution in [1.82, 2.24) is 0 Å². The fourth-order valence-electron chi connectivity index (χ4n) is 1.12. The number of rotatable bonds is 3. The maximum absolute atomic E-state index is 12.1. The molecule has 0 aliphatic rings. The minimum absolute atomic E-state index is 0.0542. The molecule has 0 saturated carbocycles. The molecule has 94 valence electrons. The molecule has 0 amide bonds. The average molecular weight is 269 g/mol. The maximum Gasteiger partial charge on any atom is 0.573 e. The molecular weight excluding hydrogens is 261 g/mol. The topological polar surface area (TPSA) is 35.5 Å². The van der Waals surface area contributed by atoms with Crippen LogP contribution in [0.3, 0.4) is 0 Å². The Morgan fingerprint density at radius 2 is 2.06 bits per heavy atom. The summed E-state index contributed by atoms with van der Waals surface area (Å²) in [5.41, 5.74) is 0.0542. The van der Waals surface area contributed by atoms with Gasteiger partial charge >= 0.3 is 12.3 Å². The second kappa shape index (κ2) is 5.27. The van der Waals surface area contributed by atoms with Crippen LogP contribution < -0.4 is 4.74 Å². The van der Waals surface area contributed by atoms with Crippen molar-refractivity contribution in [3.8, 4) is 5.75 Å². The average Bonchev–Trinajstić information content (AvgIpc) is 2.19. The monoisotopic (exact) mass is 268 g/mol. The van der Waals surface area contributed by atoms with Gasteiger partial charge in [-0.3, -0.25) is 4.79 Å². The molecule has 0 aliphatic heterocycles. The smallest absolute Gasteiger partial charge is 0.469 e. The first-order valence-electron chi connectivity index (χ1n) is 4.43. The minimum Gasteiger partial charge on any atom is -0.469 e. The van der Waals surface area contributed by atoms with Gasteiger partial charge in [0.15, 0.2) is 0 Å². The number of carbonyl (C=O) groups excluding carboxylic acids is 1. The van der Waals surface area contributed by atoms with Gasteiger partial charge in [-0.25, -0.2) is 0 Å². The Labute approximate surface area is 100 Å². The highest BCUT2D eigenvalue weighted by molar-refractivity contribution is 6.30. The van der Waals surface area contributed by atoms with E-state index in [1.54, 1.807) is 0 Å². The van der Waals surface area contributed by atoms with Crippen LogP contribution in [0.1, 0.15) is 5.56 Å². The quantitative estimate of drug-likeness (QED) is 0.791. The summed E-state index contributed by atoms with van der Waals surface area (Å²) in [4.78, 5) is 11.0. The zero-order valence-electron chi connectivity index (χ0n) is 8.68. The fourth-order valence-corrected chi connectivity index (χ4v) is 1.28. The van der Waals surface area contributed by atoms with Crippen molar-refractivity contribution < 1.29 is 27.4 Å². The van der Waals surface area contributed by atoms with Gasteiger partial charge in [-0.2, -0.15) is 0 Å². The number of ether oxygens (including phenoxy) is 2. The normalized spacial score (nSPS) is 11.1. The number of esters is 1. The van der Waals surface area contributed by atoms with Crippen LogP contribution in [-0.2, 0) is 16.0 Å². The number of alkyl halides is 3. The van der Waals surface area contributed by atoms with Gasteiger partial charge in [0.2, 0.25) is 0 Å². The maximum atomic E-state index is 12.1. The summed E-state index contributed by atoms with van der Waals surface area (Å²) < 4.78 is 44.4. The summed E-state index contributed by atoms with van der Waals surface area (Å²) >= 11 is 5.55. The molecule has 0 aromatic heterocycles.